The quantitative estimate of drug-likeness (QED) is 0.418. The molecule has 0 spiro atoms. The molecule has 0 radical (unpaired) electrons. The lowest BCUT2D eigenvalue weighted by Crippen LogP contribution is -2.32. The van der Waals surface area contributed by atoms with Gasteiger partial charge in [-0.3, -0.25) is 9.59 Å². The molecule has 1 N–H and O–H groups in total. The monoisotopic (exact) mass is 434 g/mol. The Hall–Kier alpha value is -4.38. The lowest BCUT2D eigenvalue weighted by atomic mass is 10.0. The van der Waals surface area contributed by atoms with Crippen LogP contribution in [0, 0.1) is 6.92 Å². The molecular formula is C28H22N2O3. The van der Waals surface area contributed by atoms with E-state index in [0.29, 0.717) is 17.0 Å². The van der Waals surface area contributed by atoms with Gasteiger partial charge in [0.1, 0.15) is 11.4 Å². The molecule has 0 saturated carbocycles. The Bertz CT molecular complexity index is 1430. The van der Waals surface area contributed by atoms with E-state index in [4.69, 9.17) is 4.74 Å². The predicted octanol–water partition coefficient (Wildman–Crippen LogP) is 5.55. The predicted molar refractivity (Wildman–Crippen MR) is 131 cm³/mol. The molecule has 0 fully saturated rings. The largest absolute Gasteiger partial charge is 0.496 e. The number of nitrogens with one attached hydrogen (secondary N) is 1. The van der Waals surface area contributed by atoms with Gasteiger partial charge in [0, 0.05) is 16.6 Å². The molecule has 0 saturated heterocycles. The van der Waals surface area contributed by atoms with Crippen molar-refractivity contribution in [3.63, 3.8) is 0 Å². The Balaban J connectivity index is 1.70. The Morgan fingerprint density at radius 3 is 2.33 bits per heavy atom. The summed E-state index contributed by atoms with van der Waals surface area (Å²) in [6, 6.07) is 28.3. The van der Waals surface area contributed by atoms with Gasteiger partial charge in [-0.05, 0) is 42.1 Å². The van der Waals surface area contributed by atoms with Gasteiger partial charge in [0.05, 0.1) is 18.4 Å². The Labute approximate surface area is 191 Å². The van der Waals surface area contributed by atoms with Crippen molar-refractivity contribution in [1.82, 2.24) is 0 Å². The lowest BCUT2D eigenvalue weighted by molar-refractivity contribution is -0.120. The van der Waals surface area contributed by atoms with Gasteiger partial charge in [-0.25, -0.2) is 4.90 Å². The number of imide groups is 1. The average molecular weight is 434 g/mol. The number of nitrogens with zero attached hydrogens (tertiary/aromatic N) is 1. The van der Waals surface area contributed by atoms with Crippen molar-refractivity contribution in [3.8, 4) is 5.75 Å². The van der Waals surface area contributed by atoms with Crippen LogP contribution < -0.4 is 15.0 Å². The highest BCUT2D eigenvalue weighted by atomic mass is 16.5. The number of hydrogen-bond donors (Lipinski definition) is 1. The van der Waals surface area contributed by atoms with Crippen LogP contribution in [-0.4, -0.2) is 18.9 Å². The number of para-hydroxylation sites is 1. The highest BCUT2D eigenvalue weighted by Crippen LogP contribution is 2.39. The fourth-order valence-corrected chi connectivity index (χ4v) is 4.24. The second-order valence-electron chi connectivity index (χ2n) is 7.89. The van der Waals surface area contributed by atoms with Crippen molar-refractivity contribution >= 4 is 39.5 Å². The third-order valence-electron chi connectivity index (χ3n) is 5.76. The summed E-state index contributed by atoms with van der Waals surface area (Å²) in [5, 5.41) is 5.01. The number of fused-ring (bicyclic) bond motifs is 1. The molecule has 0 unspecified atom stereocenters. The van der Waals surface area contributed by atoms with E-state index in [1.165, 1.54) is 4.90 Å². The van der Waals surface area contributed by atoms with Crippen molar-refractivity contribution in [1.29, 1.82) is 0 Å². The molecule has 0 atom stereocenters. The maximum absolute atomic E-state index is 13.8. The van der Waals surface area contributed by atoms with Crippen LogP contribution in [0.1, 0.15) is 11.1 Å². The molecular weight excluding hydrogens is 412 g/mol. The van der Waals surface area contributed by atoms with Crippen molar-refractivity contribution in [2.45, 2.75) is 6.92 Å². The minimum atomic E-state index is -0.404. The summed E-state index contributed by atoms with van der Waals surface area (Å²) in [5.74, 6) is -0.272. The number of carbonyl (C=O) groups excluding carboxylic acids is 2. The van der Waals surface area contributed by atoms with Gasteiger partial charge in [-0.1, -0.05) is 66.7 Å². The molecule has 5 rings (SSSR count). The average Bonchev–Trinajstić information content (AvgIpc) is 3.07. The van der Waals surface area contributed by atoms with Crippen LogP contribution in [-0.2, 0) is 9.59 Å². The normalized spacial score (nSPS) is 13.7. The second kappa shape index (κ2) is 8.28. The van der Waals surface area contributed by atoms with Crippen LogP contribution in [0.4, 0.5) is 11.4 Å². The Morgan fingerprint density at radius 2 is 1.52 bits per heavy atom. The van der Waals surface area contributed by atoms with Crippen LogP contribution in [0.2, 0.25) is 0 Å². The molecule has 4 aromatic carbocycles. The van der Waals surface area contributed by atoms with E-state index < -0.39 is 11.8 Å². The molecule has 2 amide bonds. The molecule has 5 heteroatoms. The summed E-state index contributed by atoms with van der Waals surface area (Å²) >= 11 is 0. The number of methoxy groups -OCH3 is 1. The number of anilines is 2. The number of aryl methyl sites for hydroxylation is 1. The van der Waals surface area contributed by atoms with Crippen LogP contribution in [0.5, 0.6) is 5.75 Å². The zero-order valence-corrected chi connectivity index (χ0v) is 18.3. The van der Waals surface area contributed by atoms with Crippen LogP contribution in [0.15, 0.2) is 96.7 Å². The number of benzene rings is 4. The SMILES string of the molecule is COc1ccccc1C1=C(Nc2cccc(C)c2)C(=O)N(c2cccc3ccccc23)C1=O. The molecule has 5 nitrogen and oxygen atoms in total. The number of ether oxygens (including phenoxy) is 1. The van der Waals surface area contributed by atoms with Gasteiger partial charge in [-0.2, -0.15) is 0 Å². The first-order valence-corrected chi connectivity index (χ1v) is 10.7. The number of rotatable bonds is 5. The topological polar surface area (TPSA) is 58.6 Å². The first-order chi connectivity index (χ1) is 16.1. The standard InChI is InChI=1S/C28H22N2O3/c1-18-9-7-12-20(17-18)29-26-25(22-14-5-6-16-24(22)33-2)27(31)30(28(26)32)23-15-8-11-19-10-3-4-13-21(19)23/h3-17,29H,1-2H3. The van der Waals surface area contributed by atoms with Crippen molar-refractivity contribution in [2.75, 3.05) is 17.3 Å². The van der Waals surface area contributed by atoms with E-state index in [9.17, 15) is 9.59 Å². The molecule has 0 bridgehead atoms. The van der Waals surface area contributed by atoms with E-state index in [1.807, 2.05) is 79.7 Å². The van der Waals surface area contributed by atoms with Crippen LogP contribution in [0.3, 0.4) is 0 Å². The highest BCUT2D eigenvalue weighted by molar-refractivity contribution is 6.47. The summed E-state index contributed by atoms with van der Waals surface area (Å²) in [7, 11) is 1.55. The van der Waals surface area contributed by atoms with Crippen molar-refractivity contribution in [3.05, 3.63) is 108 Å². The van der Waals surface area contributed by atoms with E-state index in [1.54, 1.807) is 25.3 Å². The number of amides is 2. The smallest absolute Gasteiger partial charge is 0.282 e. The molecule has 0 aromatic heterocycles. The maximum Gasteiger partial charge on any atom is 0.282 e. The fourth-order valence-electron chi connectivity index (χ4n) is 4.24. The van der Waals surface area contributed by atoms with E-state index >= 15 is 0 Å². The molecule has 0 aliphatic carbocycles. The molecule has 1 aliphatic rings. The van der Waals surface area contributed by atoms with Gasteiger partial charge >= 0.3 is 0 Å². The van der Waals surface area contributed by atoms with E-state index in [0.717, 1.165) is 22.0 Å². The first-order valence-electron chi connectivity index (χ1n) is 10.7. The number of hydrogen-bond acceptors (Lipinski definition) is 4. The highest BCUT2D eigenvalue weighted by Gasteiger charge is 2.41. The van der Waals surface area contributed by atoms with Gasteiger partial charge in [0.15, 0.2) is 0 Å². The summed E-state index contributed by atoms with van der Waals surface area (Å²) in [6.07, 6.45) is 0. The Kier molecular flexibility index (Phi) is 5.15. The molecule has 1 heterocycles. The van der Waals surface area contributed by atoms with Crippen molar-refractivity contribution < 1.29 is 14.3 Å². The summed E-state index contributed by atoms with van der Waals surface area (Å²) in [4.78, 5) is 28.9. The third-order valence-corrected chi connectivity index (χ3v) is 5.76. The minimum absolute atomic E-state index is 0.225. The van der Waals surface area contributed by atoms with Gasteiger partial charge in [0.25, 0.3) is 11.8 Å². The van der Waals surface area contributed by atoms with E-state index in [-0.39, 0.29) is 11.3 Å². The lowest BCUT2D eigenvalue weighted by Gasteiger charge is -2.18. The van der Waals surface area contributed by atoms with Crippen LogP contribution in [0.25, 0.3) is 16.3 Å². The summed E-state index contributed by atoms with van der Waals surface area (Å²) < 4.78 is 5.53. The fraction of sp³-hybridized carbons (Fsp3) is 0.0714. The van der Waals surface area contributed by atoms with Gasteiger partial charge < -0.3 is 10.1 Å². The van der Waals surface area contributed by atoms with Gasteiger partial charge in [0.2, 0.25) is 0 Å². The van der Waals surface area contributed by atoms with E-state index in [2.05, 4.69) is 5.32 Å². The van der Waals surface area contributed by atoms with Crippen molar-refractivity contribution in [2.24, 2.45) is 0 Å². The summed E-state index contributed by atoms with van der Waals surface area (Å²) in [5.41, 5.74) is 3.41. The number of carbonyl (C=O) groups is 2. The molecule has 4 aromatic rings. The molecule has 1 aliphatic heterocycles. The van der Waals surface area contributed by atoms with Crippen LogP contribution >= 0.6 is 0 Å². The minimum Gasteiger partial charge on any atom is -0.496 e. The first kappa shape index (κ1) is 20.5. The Morgan fingerprint density at radius 1 is 0.788 bits per heavy atom. The maximum atomic E-state index is 13.8. The zero-order valence-electron chi connectivity index (χ0n) is 18.3. The zero-order chi connectivity index (χ0) is 22.9. The summed E-state index contributed by atoms with van der Waals surface area (Å²) in [6.45, 7) is 1.98. The molecule has 33 heavy (non-hydrogen) atoms. The second-order valence-corrected chi connectivity index (χ2v) is 7.89. The molecule has 162 valence electrons. The van der Waals surface area contributed by atoms with Gasteiger partial charge in [-0.15, -0.1) is 0 Å². The third kappa shape index (κ3) is 3.53.